The van der Waals surface area contributed by atoms with Crippen LogP contribution in [0.25, 0.3) is 0 Å². The van der Waals surface area contributed by atoms with Crippen LogP contribution >= 0.6 is 0 Å². The molecular formula is C12H14F3N3O3. The van der Waals surface area contributed by atoms with Gasteiger partial charge in [0.15, 0.2) is 0 Å². The van der Waals surface area contributed by atoms with Crippen LogP contribution in [0.3, 0.4) is 0 Å². The first-order valence-electron chi connectivity index (χ1n) is 5.85. The lowest BCUT2D eigenvalue weighted by molar-refractivity contribution is -0.145. The van der Waals surface area contributed by atoms with Crippen molar-refractivity contribution in [2.75, 3.05) is 20.3 Å². The number of nitrogens with zero attached hydrogens (tertiary/aromatic N) is 2. The van der Waals surface area contributed by atoms with Crippen LogP contribution in [0.4, 0.5) is 13.2 Å². The topological polar surface area (TPSA) is 85.5 Å². The summed E-state index contributed by atoms with van der Waals surface area (Å²) in [6.45, 7) is 0.0872. The number of methoxy groups -OCH3 is 1. The minimum Gasteiger partial charge on any atom is -0.383 e. The number of primary amides is 1. The van der Waals surface area contributed by atoms with E-state index < -0.39 is 23.6 Å². The molecule has 0 atom stereocenters. The highest BCUT2D eigenvalue weighted by Gasteiger charge is 2.30. The SMILES string of the molecule is COCCN(Cc1ccc(C(F)(F)F)cn1)C(=O)C(N)=O. The summed E-state index contributed by atoms with van der Waals surface area (Å²) in [5.74, 6) is -2.10. The fourth-order valence-electron chi connectivity index (χ4n) is 1.49. The van der Waals surface area contributed by atoms with E-state index in [1.807, 2.05) is 0 Å². The Kier molecular flexibility index (Phi) is 5.65. The van der Waals surface area contributed by atoms with Crippen LogP contribution in [0.2, 0.25) is 0 Å². The Labute approximate surface area is 118 Å². The Balaban J connectivity index is 2.83. The Morgan fingerprint density at radius 3 is 2.48 bits per heavy atom. The number of carbonyl (C=O) groups is 2. The van der Waals surface area contributed by atoms with Crippen molar-refractivity contribution < 1.29 is 27.5 Å². The van der Waals surface area contributed by atoms with Gasteiger partial charge in [-0.1, -0.05) is 0 Å². The number of ether oxygens (including phenoxy) is 1. The molecule has 9 heteroatoms. The molecule has 0 spiro atoms. The van der Waals surface area contributed by atoms with Gasteiger partial charge in [-0.3, -0.25) is 14.6 Å². The molecule has 0 saturated heterocycles. The van der Waals surface area contributed by atoms with E-state index in [0.717, 1.165) is 17.0 Å². The summed E-state index contributed by atoms with van der Waals surface area (Å²) in [6, 6.07) is 1.99. The van der Waals surface area contributed by atoms with Gasteiger partial charge in [-0.25, -0.2) is 0 Å². The predicted molar refractivity (Wildman–Crippen MR) is 65.7 cm³/mol. The van der Waals surface area contributed by atoms with Crippen LogP contribution in [-0.2, 0) is 27.0 Å². The Morgan fingerprint density at radius 2 is 2.05 bits per heavy atom. The van der Waals surface area contributed by atoms with Gasteiger partial charge < -0.3 is 15.4 Å². The summed E-state index contributed by atoms with van der Waals surface area (Å²) < 4.78 is 42.0. The molecule has 0 unspecified atom stereocenters. The van der Waals surface area contributed by atoms with Gasteiger partial charge in [0, 0.05) is 19.9 Å². The predicted octanol–water partition coefficient (Wildman–Crippen LogP) is 0.561. The number of hydrogen-bond acceptors (Lipinski definition) is 4. The van der Waals surface area contributed by atoms with Crippen LogP contribution in [0.5, 0.6) is 0 Å². The van der Waals surface area contributed by atoms with Gasteiger partial charge in [0.25, 0.3) is 0 Å². The molecule has 1 heterocycles. The van der Waals surface area contributed by atoms with Gasteiger partial charge >= 0.3 is 18.0 Å². The molecule has 0 aromatic carbocycles. The summed E-state index contributed by atoms with van der Waals surface area (Å²) in [4.78, 5) is 27.2. The highest BCUT2D eigenvalue weighted by molar-refractivity contribution is 6.34. The van der Waals surface area contributed by atoms with Crippen molar-refractivity contribution in [3.8, 4) is 0 Å². The van der Waals surface area contributed by atoms with E-state index in [1.165, 1.54) is 7.11 Å². The Hall–Kier alpha value is -2.16. The second-order valence-corrected chi connectivity index (χ2v) is 4.12. The average Bonchev–Trinajstić information content (AvgIpc) is 2.42. The van der Waals surface area contributed by atoms with Crippen LogP contribution in [-0.4, -0.2) is 42.0 Å². The van der Waals surface area contributed by atoms with E-state index >= 15 is 0 Å². The molecule has 0 fully saturated rings. The molecule has 21 heavy (non-hydrogen) atoms. The fraction of sp³-hybridized carbons (Fsp3) is 0.417. The zero-order valence-corrected chi connectivity index (χ0v) is 11.2. The molecule has 0 aliphatic carbocycles. The fourth-order valence-corrected chi connectivity index (χ4v) is 1.49. The smallest absolute Gasteiger partial charge is 0.383 e. The third-order valence-corrected chi connectivity index (χ3v) is 2.57. The molecule has 2 amide bonds. The lowest BCUT2D eigenvalue weighted by Crippen LogP contribution is -2.41. The van der Waals surface area contributed by atoms with E-state index in [9.17, 15) is 22.8 Å². The molecule has 6 nitrogen and oxygen atoms in total. The summed E-state index contributed by atoms with van der Waals surface area (Å²) in [5.41, 5.74) is 4.21. The molecule has 1 rings (SSSR count). The van der Waals surface area contributed by atoms with Crippen molar-refractivity contribution in [3.63, 3.8) is 0 Å². The number of rotatable bonds is 5. The van der Waals surface area contributed by atoms with Gasteiger partial charge in [-0.2, -0.15) is 13.2 Å². The normalized spacial score (nSPS) is 11.2. The number of pyridine rings is 1. The third kappa shape index (κ3) is 5.03. The van der Waals surface area contributed by atoms with Gasteiger partial charge in [0.05, 0.1) is 24.4 Å². The molecule has 0 radical (unpaired) electrons. The maximum atomic E-state index is 12.4. The molecule has 0 saturated carbocycles. The summed E-state index contributed by atoms with van der Waals surface area (Å²) in [7, 11) is 1.41. The van der Waals surface area contributed by atoms with E-state index in [4.69, 9.17) is 10.5 Å². The van der Waals surface area contributed by atoms with Gasteiger partial charge in [0.1, 0.15) is 0 Å². The first kappa shape index (κ1) is 16.9. The monoisotopic (exact) mass is 305 g/mol. The molecule has 0 aliphatic rings. The van der Waals surface area contributed by atoms with E-state index in [1.54, 1.807) is 0 Å². The van der Waals surface area contributed by atoms with Gasteiger partial charge in [-0.05, 0) is 12.1 Å². The summed E-state index contributed by atoms with van der Waals surface area (Å²) in [6.07, 6.45) is -3.82. The molecule has 2 N–H and O–H groups in total. The minimum absolute atomic E-state index is 0.0704. The number of alkyl halides is 3. The third-order valence-electron chi connectivity index (χ3n) is 2.57. The van der Waals surface area contributed by atoms with Crippen molar-refractivity contribution in [2.24, 2.45) is 5.73 Å². The lowest BCUT2D eigenvalue weighted by Gasteiger charge is -2.20. The van der Waals surface area contributed by atoms with Crippen molar-refractivity contribution >= 4 is 11.8 Å². The number of aromatic nitrogens is 1. The zero-order chi connectivity index (χ0) is 16.0. The van der Waals surface area contributed by atoms with Gasteiger partial charge in [-0.15, -0.1) is 0 Å². The second kappa shape index (κ2) is 7.02. The van der Waals surface area contributed by atoms with E-state index in [0.29, 0.717) is 6.20 Å². The summed E-state index contributed by atoms with van der Waals surface area (Å²) in [5, 5.41) is 0. The maximum absolute atomic E-state index is 12.4. The average molecular weight is 305 g/mol. The van der Waals surface area contributed by atoms with E-state index in [2.05, 4.69) is 4.98 Å². The molecule has 0 aliphatic heterocycles. The number of hydrogen-bond donors (Lipinski definition) is 1. The molecule has 1 aromatic heterocycles. The Morgan fingerprint density at radius 1 is 1.38 bits per heavy atom. The van der Waals surface area contributed by atoms with E-state index in [-0.39, 0.29) is 25.4 Å². The van der Waals surface area contributed by atoms with Crippen molar-refractivity contribution in [1.82, 2.24) is 9.88 Å². The lowest BCUT2D eigenvalue weighted by atomic mass is 10.2. The van der Waals surface area contributed by atoms with Crippen LogP contribution in [0, 0.1) is 0 Å². The zero-order valence-electron chi connectivity index (χ0n) is 11.2. The van der Waals surface area contributed by atoms with Gasteiger partial charge in [0.2, 0.25) is 0 Å². The number of nitrogens with two attached hydrogens (primary N) is 1. The highest BCUT2D eigenvalue weighted by Crippen LogP contribution is 2.28. The number of carbonyl (C=O) groups excluding carboxylic acids is 2. The van der Waals surface area contributed by atoms with Crippen LogP contribution in [0.1, 0.15) is 11.3 Å². The number of halogens is 3. The maximum Gasteiger partial charge on any atom is 0.417 e. The van der Waals surface area contributed by atoms with Crippen molar-refractivity contribution in [3.05, 3.63) is 29.6 Å². The minimum atomic E-state index is -4.48. The standard InChI is InChI=1S/C12H14F3N3O3/c1-21-5-4-18(11(20)10(16)19)7-9-3-2-8(6-17-9)12(13,14)15/h2-3,6H,4-5,7H2,1H3,(H2,16,19). The van der Waals surface area contributed by atoms with Crippen LogP contribution < -0.4 is 5.73 Å². The molecule has 0 bridgehead atoms. The van der Waals surface area contributed by atoms with Crippen LogP contribution in [0.15, 0.2) is 18.3 Å². The quantitative estimate of drug-likeness (QED) is 0.806. The first-order valence-corrected chi connectivity index (χ1v) is 5.85. The second-order valence-electron chi connectivity index (χ2n) is 4.12. The first-order chi connectivity index (χ1) is 9.75. The molecule has 1 aromatic rings. The largest absolute Gasteiger partial charge is 0.417 e. The molecule has 116 valence electrons. The van der Waals surface area contributed by atoms with Crippen molar-refractivity contribution in [2.45, 2.75) is 12.7 Å². The Bertz CT molecular complexity index is 503. The number of amides is 2. The highest BCUT2D eigenvalue weighted by atomic mass is 19.4. The van der Waals surface area contributed by atoms with Crippen molar-refractivity contribution in [1.29, 1.82) is 0 Å². The molecular weight excluding hydrogens is 291 g/mol. The summed E-state index contributed by atoms with van der Waals surface area (Å²) >= 11 is 0.